The van der Waals surface area contributed by atoms with Crippen LogP contribution in [0.3, 0.4) is 0 Å². The predicted molar refractivity (Wildman–Crippen MR) is 95.3 cm³/mol. The van der Waals surface area contributed by atoms with Crippen molar-refractivity contribution in [1.82, 2.24) is 0 Å². The number of benzene rings is 1. The third-order valence-corrected chi connectivity index (χ3v) is 7.06. The Morgan fingerprint density at radius 2 is 1.96 bits per heavy atom. The van der Waals surface area contributed by atoms with Crippen molar-refractivity contribution < 1.29 is 15.0 Å². The summed E-state index contributed by atoms with van der Waals surface area (Å²) in [7, 11) is 0. The standard InChI is InChI=1S/C21H28O3/c1-19(2)16-11-12-20(19,3)21(24,14-16)18(23)13-17(22)10-9-15-7-5-4-6-8-15/h4-10,16-17,22,24H,11-14H2,1-3H3/b10-9+/t16-,17-,20-,21+/m1/s1. The number of rotatable bonds is 5. The van der Waals surface area contributed by atoms with Gasteiger partial charge in [-0.25, -0.2) is 0 Å². The minimum atomic E-state index is -1.30. The minimum Gasteiger partial charge on any atom is -0.389 e. The molecular formula is C21H28O3. The van der Waals surface area contributed by atoms with Crippen LogP contribution in [0.5, 0.6) is 0 Å². The van der Waals surface area contributed by atoms with Gasteiger partial charge >= 0.3 is 0 Å². The number of aliphatic hydroxyl groups is 2. The maximum Gasteiger partial charge on any atom is 0.167 e. The van der Waals surface area contributed by atoms with E-state index in [4.69, 9.17) is 0 Å². The Bertz CT molecular complexity index is 648. The van der Waals surface area contributed by atoms with Crippen LogP contribution >= 0.6 is 0 Å². The Morgan fingerprint density at radius 1 is 1.29 bits per heavy atom. The van der Waals surface area contributed by atoms with Gasteiger partial charge in [-0.1, -0.05) is 63.3 Å². The molecule has 0 saturated heterocycles. The summed E-state index contributed by atoms with van der Waals surface area (Å²) >= 11 is 0. The smallest absolute Gasteiger partial charge is 0.167 e. The molecule has 2 N–H and O–H groups in total. The lowest BCUT2D eigenvalue weighted by Crippen LogP contribution is -2.53. The summed E-state index contributed by atoms with van der Waals surface area (Å²) in [6.45, 7) is 6.38. The number of hydrogen-bond acceptors (Lipinski definition) is 3. The number of carbonyl (C=O) groups excluding carboxylic acids is 1. The second-order valence-corrected chi connectivity index (χ2v) is 8.32. The number of Topliss-reactive ketones (excluding diaryl/α,β-unsaturated/α-hetero) is 1. The molecule has 24 heavy (non-hydrogen) atoms. The fraction of sp³-hybridized carbons (Fsp3) is 0.571. The highest BCUT2D eigenvalue weighted by Gasteiger charge is 2.70. The zero-order valence-electron chi connectivity index (χ0n) is 14.8. The molecule has 0 heterocycles. The van der Waals surface area contributed by atoms with Gasteiger partial charge in [0.1, 0.15) is 5.60 Å². The van der Waals surface area contributed by atoms with Gasteiger partial charge in [0, 0.05) is 11.8 Å². The first-order valence-corrected chi connectivity index (χ1v) is 8.88. The van der Waals surface area contributed by atoms with E-state index in [1.165, 1.54) is 0 Å². The van der Waals surface area contributed by atoms with E-state index < -0.39 is 17.1 Å². The summed E-state index contributed by atoms with van der Waals surface area (Å²) in [5.41, 5.74) is -0.760. The first-order valence-electron chi connectivity index (χ1n) is 8.88. The Labute approximate surface area is 144 Å². The summed E-state index contributed by atoms with van der Waals surface area (Å²) in [6, 6.07) is 9.68. The zero-order valence-corrected chi connectivity index (χ0v) is 14.8. The molecule has 2 bridgehead atoms. The molecule has 0 unspecified atom stereocenters. The summed E-state index contributed by atoms with van der Waals surface area (Å²) < 4.78 is 0. The molecule has 130 valence electrons. The zero-order chi connectivity index (χ0) is 17.6. The fourth-order valence-corrected chi connectivity index (χ4v) is 4.91. The molecule has 2 saturated carbocycles. The molecule has 2 aliphatic rings. The molecular weight excluding hydrogens is 300 g/mol. The van der Waals surface area contributed by atoms with Crippen molar-refractivity contribution in [2.75, 3.05) is 0 Å². The SMILES string of the molecule is CC1(C)[C@@H]2CC[C@@]1(C)[C@@](O)(C(=O)C[C@H](O)/C=C/c1ccccc1)C2. The Morgan fingerprint density at radius 3 is 2.50 bits per heavy atom. The van der Waals surface area contributed by atoms with E-state index in [0.29, 0.717) is 12.3 Å². The van der Waals surface area contributed by atoms with E-state index in [9.17, 15) is 15.0 Å². The van der Waals surface area contributed by atoms with E-state index in [1.54, 1.807) is 6.08 Å². The van der Waals surface area contributed by atoms with E-state index in [0.717, 1.165) is 18.4 Å². The lowest BCUT2D eigenvalue weighted by Gasteiger charge is -2.44. The van der Waals surface area contributed by atoms with E-state index in [2.05, 4.69) is 13.8 Å². The van der Waals surface area contributed by atoms with Crippen LogP contribution in [0.4, 0.5) is 0 Å². The van der Waals surface area contributed by atoms with Crippen molar-refractivity contribution in [1.29, 1.82) is 0 Å². The average Bonchev–Trinajstić information content (AvgIpc) is 2.86. The lowest BCUT2D eigenvalue weighted by atomic mass is 9.62. The molecule has 1 aromatic carbocycles. The number of fused-ring (bicyclic) bond motifs is 2. The first kappa shape index (κ1) is 17.4. The van der Waals surface area contributed by atoms with Gasteiger partial charge in [-0.3, -0.25) is 4.79 Å². The number of hydrogen-bond donors (Lipinski definition) is 2. The summed E-state index contributed by atoms with van der Waals surface area (Å²) in [4.78, 5) is 12.8. The van der Waals surface area contributed by atoms with Crippen LogP contribution in [0.2, 0.25) is 0 Å². The topological polar surface area (TPSA) is 57.5 Å². The molecule has 3 rings (SSSR count). The van der Waals surface area contributed by atoms with Gasteiger partial charge in [0.15, 0.2) is 5.78 Å². The van der Waals surface area contributed by atoms with Crippen LogP contribution in [0.1, 0.15) is 52.0 Å². The Hall–Kier alpha value is -1.45. The quantitative estimate of drug-likeness (QED) is 0.868. The van der Waals surface area contributed by atoms with Crippen LogP contribution < -0.4 is 0 Å². The van der Waals surface area contributed by atoms with Crippen molar-refractivity contribution in [3.05, 3.63) is 42.0 Å². The second-order valence-electron chi connectivity index (χ2n) is 8.32. The highest BCUT2D eigenvalue weighted by molar-refractivity contribution is 5.89. The molecule has 1 aromatic rings. The van der Waals surface area contributed by atoms with Crippen molar-refractivity contribution in [2.45, 2.75) is 58.2 Å². The first-order chi connectivity index (χ1) is 11.2. The number of aliphatic hydroxyl groups excluding tert-OH is 1. The average molecular weight is 328 g/mol. The molecule has 2 fully saturated rings. The highest BCUT2D eigenvalue weighted by Crippen LogP contribution is 2.69. The van der Waals surface area contributed by atoms with Crippen LogP contribution in [0.15, 0.2) is 36.4 Å². The molecule has 0 radical (unpaired) electrons. The van der Waals surface area contributed by atoms with Gasteiger partial charge in [0.25, 0.3) is 0 Å². The second kappa shape index (κ2) is 5.82. The van der Waals surface area contributed by atoms with Gasteiger partial charge in [-0.05, 0) is 36.2 Å². The maximum absolute atomic E-state index is 12.8. The summed E-state index contributed by atoms with van der Waals surface area (Å²) in [5.74, 6) is 0.166. The van der Waals surface area contributed by atoms with E-state index in [-0.39, 0.29) is 17.6 Å². The predicted octanol–water partition coefficient (Wildman–Crippen LogP) is 3.60. The summed E-state index contributed by atoms with van der Waals surface area (Å²) in [5, 5.41) is 21.4. The molecule has 0 aromatic heterocycles. The lowest BCUT2D eigenvalue weighted by molar-refractivity contribution is -0.156. The van der Waals surface area contributed by atoms with Crippen molar-refractivity contribution >= 4 is 11.9 Å². The molecule has 4 atom stereocenters. The van der Waals surface area contributed by atoms with Gasteiger partial charge in [0.2, 0.25) is 0 Å². The normalized spacial score (nSPS) is 35.5. The van der Waals surface area contributed by atoms with Crippen LogP contribution in [0, 0.1) is 16.7 Å². The molecule has 0 aliphatic heterocycles. The van der Waals surface area contributed by atoms with Gasteiger partial charge in [0.05, 0.1) is 6.10 Å². The molecule has 0 spiro atoms. The van der Waals surface area contributed by atoms with Crippen LogP contribution in [0.25, 0.3) is 6.08 Å². The molecule has 2 aliphatic carbocycles. The molecule has 0 amide bonds. The summed E-state index contributed by atoms with van der Waals surface area (Å²) in [6.07, 6.45) is 5.04. The van der Waals surface area contributed by atoms with Crippen LogP contribution in [-0.2, 0) is 4.79 Å². The third kappa shape index (κ3) is 2.46. The Balaban J connectivity index is 1.70. The number of carbonyl (C=O) groups is 1. The monoisotopic (exact) mass is 328 g/mol. The largest absolute Gasteiger partial charge is 0.389 e. The van der Waals surface area contributed by atoms with E-state index in [1.807, 2.05) is 43.3 Å². The van der Waals surface area contributed by atoms with Crippen molar-refractivity contribution in [2.24, 2.45) is 16.7 Å². The van der Waals surface area contributed by atoms with Crippen molar-refractivity contribution in [3.63, 3.8) is 0 Å². The van der Waals surface area contributed by atoms with Gasteiger partial charge in [-0.15, -0.1) is 0 Å². The Kier molecular flexibility index (Phi) is 4.21. The molecule has 3 heteroatoms. The number of ketones is 1. The van der Waals surface area contributed by atoms with Crippen molar-refractivity contribution in [3.8, 4) is 0 Å². The van der Waals surface area contributed by atoms with Gasteiger partial charge < -0.3 is 10.2 Å². The fourth-order valence-electron chi connectivity index (χ4n) is 4.91. The molecule has 3 nitrogen and oxygen atoms in total. The van der Waals surface area contributed by atoms with Crippen LogP contribution in [-0.4, -0.2) is 27.7 Å². The van der Waals surface area contributed by atoms with Gasteiger partial charge in [-0.2, -0.15) is 0 Å². The minimum absolute atomic E-state index is 0.0295. The highest BCUT2D eigenvalue weighted by atomic mass is 16.3. The van der Waals surface area contributed by atoms with E-state index >= 15 is 0 Å². The maximum atomic E-state index is 12.8. The third-order valence-electron chi connectivity index (χ3n) is 7.06.